The zero-order valence-corrected chi connectivity index (χ0v) is 10.2. The predicted molar refractivity (Wildman–Crippen MR) is 63.6 cm³/mol. The number of rotatable bonds is 2. The van der Waals surface area contributed by atoms with E-state index >= 15 is 0 Å². The Balaban J connectivity index is 2.58. The van der Waals surface area contributed by atoms with E-state index in [1.165, 1.54) is 11.3 Å². The molecule has 2 rings (SSSR count). The average molecular weight is 263 g/mol. The lowest BCUT2D eigenvalue weighted by Gasteiger charge is -1.96. The van der Waals surface area contributed by atoms with Crippen molar-refractivity contribution in [1.29, 1.82) is 0 Å². The third-order valence-electron chi connectivity index (χ3n) is 2.07. The fourth-order valence-electron chi connectivity index (χ4n) is 1.37. The maximum absolute atomic E-state index is 6.02. The summed E-state index contributed by atoms with van der Waals surface area (Å²) < 4.78 is 6.36. The molecular formula is C9H8Cl2N2OS. The Kier molecular flexibility index (Phi) is 2.91. The van der Waals surface area contributed by atoms with Crippen molar-refractivity contribution in [3.05, 3.63) is 20.3 Å². The van der Waals surface area contributed by atoms with Crippen LogP contribution in [0.15, 0.2) is 10.6 Å². The summed E-state index contributed by atoms with van der Waals surface area (Å²) >= 11 is 13.2. The molecule has 0 unspecified atom stereocenters. The van der Waals surface area contributed by atoms with E-state index in [4.69, 9.17) is 33.5 Å². The largest absolute Gasteiger partial charge is 0.381 e. The summed E-state index contributed by atoms with van der Waals surface area (Å²) in [5.74, 6) is 1.02. The number of nitrogens with zero attached hydrogens (tertiary/aromatic N) is 1. The van der Waals surface area contributed by atoms with Gasteiger partial charge in [0.05, 0.1) is 9.90 Å². The third-order valence-corrected chi connectivity index (χ3v) is 3.56. The number of anilines is 1. The summed E-state index contributed by atoms with van der Waals surface area (Å²) in [6.45, 7) is 1.98. The van der Waals surface area contributed by atoms with E-state index in [0.29, 0.717) is 20.3 Å². The first-order chi connectivity index (χ1) is 7.13. The zero-order chi connectivity index (χ0) is 11.0. The van der Waals surface area contributed by atoms with Crippen LogP contribution >= 0.6 is 34.5 Å². The zero-order valence-electron chi connectivity index (χ0n) is 7.88. The Morgan fingerprint density at radius 1 is 1.53 bits per heavy atom. The molecule has 2 aromatic heterocycles. The first kappa shape index (κ1) is 10.8. The molecular weight excluding hydrogens is 255 g/mol. The fourth-order valence-corrected chi connectivity index (χ4v) is 2.83. The van der Waals surface area contributed by atoms with Crippen LogP contribution in [-0.4, -0.2) is 5.16 Å². The number of nitrogen functional groups attached to an aromatic ring is 1. The molecule has 0 aliphatic carbocycles. The second kappa shape index (κ2) is 4.04. The van der Waals surface area contributed by atoms with E-state index < -0.39 is 0 Å². The third kappa shape index (κ3) is 1.85. The van der Waals surface area contributed by atoms with Crippen LogP contribution in [0.4, 0.5) is 5.82 Å². The molecule has 0 saturated heterocycles. The maximum Gasteiger partial charge on any atom is 0.174 e. The minimum absolute atomic E-state index is 0.408. The predicted octanol–water partition coefficient (Wildman–Crippen LogP) is 3.85. The Hall–Kier alpha value is -0.710. The number of nitrogens with two attached hydrogens (primary N) is 1. The molecule has 0 spiro atoms. The van der Waals surface area contributed by atoms with E-state index in [1.54, 1.807) is 6.07 Å². The standard InChI is InChI=1S/C9H8Cl2N2OS/c1-2-4-7(14-13-9(4)12)5-3-6(10)15-8(5)11/h3H,2H2,1H3,(H2,12,13). The number of halogens is 2. The van der Waals surface area contributed by atoms with Crippen molar-refractivity contribution in [2.45, 2.75) is 13.3 Å². The topological polar surface area (TPSA) is 52.0 Å². The van der Waals surface area contributed by atoms with Crippen LogP contribution in [0.3, 0.4) is 0 Å². The van der Waals surface area contributed by atoms with Gasteiger partial charge in [-0.3, -0.25) is 0 Å². The normalized spacial score (nSPS) is 10.9. The van der Waals surface area contributed by atoms with Crippen molar-refractivity contribution in [2.75, 3.05) is 5.73 Å². The van der Waals surface area contributed by atoms with Crippen molar-refractivity contribution in [1.82, 2.24) is 5.16 Å². The molecule has 0 aliphatic heterocycles. The van der Waals surface area contributed by atoms with Gasteiger partial charge in [-0.1, -0.05) is 35.3 Å². The van der Waals surface area contributed by atoms with Gasteiger partial charge in [0.1, 0.15) is 4.34 Å². The van der Waals surface area contributed by atoms with Gasteiger partial charge in [-0.2, -0.15) is 0 Å². The molecule has 3 nitrogen and oxygen atoms in total. The van der Waals surface area contributed by atoms with Gasteiger partial charge in [0, 0.05) is 5.56 Å². The lowest BCUT2D eigenvalue weighted by Crippen LogP contribution is -1.90. The van der Waals surface area contributed by atoms with Crippen LogP contribution in [0.5, 0.6) is 0 Å². The van der Waals surface area contributed by atoms with Gasteiger partial charge in [-0.05, 0) is 12.5 Å². The first-order valence-corrected chi connectivity index (χ1v) is 5.90. The van der Waals surface area contributed by atoms with Crippen LogP contribution in [0.25, 0.3) is 11.3 Å². The summed E-state index contributed by atoms with van der Waals surface area (Å²) in [6.07, 6.45) is 0.745. The quantitative estimate of drug-likeness (QED) is 0.895. The highest BCUT2D eigenvalue weighted by Crippen LogP contribution is 2.40. The highest BCUT2D eigenvalue weighted by Gasteiger charge is 2.18. The summed E-state index contributed by atoms with van der Waals surface area (Å²) in [6, 6.07) is 1.76. The Bertz CT molecular complexity index is 492. The summed E-state index contributed by atoms with van der Waals surface area (Å²) in [5, 5.41) is 3.72. The van der Waals surface area contributed by atoms with E-state index in [0.717, 1.165) is 17.5 Å². The smallest absolute Gasteiger partial charge is 0.174 e. The summed E-state index contributed by atoms with van der Waals surface area (Å²) in [4.78, 5) is 0. The van der Waals surface area contributed by atoms with Gasteiger partial charge in [-0.15, -0.1) is 11.3 Å². The van der Waals surface area contributed by atoms with E-state index in [2.05, 4.69) is 5.16 Å². The first-order valence-electron chi connectivity index (χ1n) is 4.32. The van der Waals surface area contributed by atoms with Crippen LogP contribution < -0.4 is 5.73 Å². The van der Waals surface area contributed by atoms with Gasteiger partial charge < -0.3 is 10.3 Å². The minimum Gasteiger partial charge on any atom is -0.381 e. The van der Waals surface area contributed by atoms with Gasteiger partial charge in [0.25, 0.3) is 0 Å². The molecule has 80 valence electrons. The summed E-state index contributed by atoms with van der Waals surface area (Å²) in [7, 11) is 0. The lowest BCUT2D eigenvalue weighted by atomic mass is 10.1. The van der Waals surface area contributed by atoms with Crippen LogP contribution in [-0.2, 0) is 6.42 Å². The second-order valence-corrected chi connectivity index (χ2v) is 5.25. The Labute approximate surface area is 101 Å². The molecule has 2 N–H and O–H groups in total. The van der Waals surface area contributed by atoms with E-state index in [-0.39, 0.29) is 0 Å². The fraction of sp³-hybridized carbons (Fsp3) is 0.222. The molecule has 0 bridgehead atoms. The lowest BCUT2D eigenvalue weighted by molar-refractivity contribution is 0.435. The molecule has 0 saturated carbocycles. The van der Waals surface area contributed by atoms with Crippen molar-refractivity contribution < 1.29 is 4.52 Å². The molecule has 15 heavy (non-hydrogen) atoms. The Morgan fingerprint density at radius 3 is 2.80 bits per heavy atom. The van der Waals surface area contributed by atoms with Crippen molar-refractivity contribution in [2.24, 2.45) is 0 Å². The molecule has 0 aliphatic rings. The van der Waals surface area contributed by atoms with Crippen LogP contribution in [0, 0.1) is 0 Å². The average Bonchev–Trinajstić information content (AvgIpc) is 2.69. The van der Waals surface area contributed by atoms with Crippen LogP contribution in [0.1, 0.15) is 12.5 Å². The highest BCUT2D eigenvalue weighted by atomic mass is 35.5. The monoisotopic (exact) mass is 262 g/mol. The van der Waals surface area contributed by atoms with Crippen LogP contribution in [0.2, 0.25) is 8.67 Å². The second-order valence-electron chi connectivity index (χ2n) is 2.97. The minimum atomic E-state index is 0.408. The highest BCUT2D eigenvalue weighted by molar-refractivity contribution is 7.20. The van der Waals surface area contributed by atoms with E-state index in [1.807, 2.05) is 6.92 Å². The molecule has 2 heterocycles. The molecule has 0 atom stereocenters. The molecule has 0 fully saturated rings. The van der Waals surface area contributed by atoms with Gasteiger partial charge >= 0.3 is 0 Å². The van der Waals surface area contributed by atoms with Crippen molar-refractivity contribution in [3.8, 4) is 11.3 Å². The summed E-state index contributed by atoms with van der Waals surface area (Å²) in [5.41, 5.74) is 7.29. The molecule has 6 heteroatoms. The maximum atomic E-state index is 6.02. The Morgan fingerprint density at radius 2 is 2.27 bits per heavy atom. The molecule has 0 aromatic carbocycles. The number of hydrogen-bond donors (Lipinski definition) is 1. The molecule has 2 aromatic rings. The number of thiophene rings is 1. The van der Waals surface area contributed by atoms with Gasteiger partial charge in [0.15, 0.2) is 11.6 Å². The van der Waals surface area contributed by atoms with E-state index in [9.17, 15) is 0 Å². The number of aromatic nitrogens is 1. The SMILES string of the molecule is CCc1c(N)noc1-c1cc(Cl)sc1Cl. The van der Waals surface area contributed by atoms with Gasteiger partial charge in [-0.25, -0.2) is 0 Å². The van der Waals surface area contributed by atoms with Crippen molar-refractivity contribution in [3.63, 3.8) is 0 Å². The molecule has 0 amide bonds. The van der Waals surface area contributed by atoms with Gasteiger partial charge in [0.2, 0.25) is 0 Å². The molecule has 0 radical (unpaired) electrons. The van der Waals surface area contributed by atoms with Crippen molar-refractivity contribution >= 4 is 40.4 Å². The number of hydrogen-bond acceptors (Lipinski definition) is 4.